The van der Waals surface area contributed by atoms with Crippen LogP contribution in [-0.4, -0.2) is 96.0 Å². The average Bonchev–Trinajstić information content (AvgIpc) is 3.20. The van der Waals surface area contributed by atoms with Crippen molar-refractivity contribution in [2.75, 3.05) is 26.2 Å². The number of carbonyl (C=O) groups is 3. The quantitative estimate of drug-likeness (QED) is 0.0945. The van der Waals surface area contributed by atoms with E-state index in [1.54, 1.807) is 33.7 Å². The van der Waals surface area contributed by atoms with Gasteiger partial charge in [-0.15, -0.1) is 0 Å². The molecule has 4 aromatic carbocycles. The molecule has 0 bridgehead atoms. The number of aliphatic hydroxyl groups excluding tert-OH is 2. The third-order valence-corrected chi connectivity index (χ3v) is 9.43. The van der Waals surface area contributed by atoms with Crippen molar-refractivity contribution in [3.8, 4) is 11.1 Å². The second-order valence-electron chi connectivity index (χ2n) is 13.4. The lowest BCUT2D eigenvalue weighted by Gasteiger charge is -2.28. The van der Waals surface area contributed by atoms with Gasteiger partial charge in [-0.3, -0.25) is 9.59 Å². The van der Waals surface area contributed by atoms with Gasteiger partial charge in [0.15, 0.2) is 12.2 Å². The normalized spacial score (nSPS) is 12.4. The van der Waals surface area contributed by atoms with Gasteiger partial charge in [-0.05, 0) is 78.2 Å². The molecule has 59 heavy (non-hydrogen) atoms. The lowest BCUT2D eigenvalue weighted by Crippen LogP contribution is -2.40. The molecule has 0 aliphatic rings. The van der Waals surface area contributed by atoms with Gasteiger partial charge >= 0.3 is 18.1 Å². The molecule has 0 radical (unpaired) electrons. The third kappa shape index (κ3) is 12.7. The van der Waals surface area contributed by atoms with Gasteiger partial charge in [0.05, 0.1) is 16.5 Å². The molecule has 314 valence electrons. The Labute approximate surface area is 335 Å². The second kappa shape index (κ2) is 20.6. The summed E-state index contributed by atoms with van der Waals surface area (Å²) in [6.07, 6.45) is -8.58. The number of likely N-dealkylation sites (N-methyl/N-ethyl adjacent to an activating group) is 1. The molecule has 12 nitrogen and oxygen atoms in total. The number of aromatic nitrogens is 2. The summed E-state index contributed by atoms with van der Waals surface area (Å²) in [5, 5.41) is 32.9. The van der Waals surface area contributed by atoms with E-state index in [0.29, 0.717) is 40.9 Å². The fourth-order valence-corrected chi connectivity index (χ4v) is 6.12. The molecular formula is C42H43F5N4O8. The number of alkyl halides is 3. The molecule has 4 N–H and O–H groups in total. The largest absolute Gasteiger partial charge is 0.479 e. The predicted molar refractivity (Wildman–Crippen MR) is 207 cm³/mol. The van der Waals surface area contributed by atoms with Gasteiger partial charge in [0.2, 0.25) is 5.91 Å². The molecule has 5 rings (SSSR count). The fourth-order valence-electron chi connectivity index (χ4n) is 6.12. The molecule has 0 aliphatic carbocycles. The summed E-state index contributed by atoms with van der Waals surface area (Å²) in [5.74, 6) is -4.83. The number of aliphatic hydroxyl groups is 2. The number of fused-ring (bicyclic) bond motifs is 1. The highest BCUT2D eigenvalue weighted by atomic mass is 19.4. The molecule has 0 spiro atoms. The topological polar surface area (TPSA) is 174 Å². The summed E-state index contributed by atoms with van der Waals surface area (Å²) in [5.41, 5.74) is 1.98. The van der Waals surface area contributed by atoms with E-state index in [-0.39, 0.29) is 31.8 Å². The van der Waals surface area contributed by atoms with Crippen LogP contribution in [0.15, 0.2) is 95.8 Å². The van der Waals surface area contributed by atoms with Crippen molar-refractivity contribution >= 4 is 28.7 Å². The molecular weight excluding hydrogens is 783 g/mol. The highest BCUT2D eigenvalue weighted by molar-refractivity contribution is 5.83. The van der Waals surface area contributed by atoms with E-state index in [4.69, 9.17) is 20.4 Å². The van der Waals surface area contributed by atoms with Crippen LogP contribution in [0.4, 0.5) is 22.0 Å². The van der Waals surface area contributed by atoms with Crippen LogP contribution in [0.3, 0.4) is 0 Å². The van der Waals surface area contributed by atoms with Crippen LogP contribution >= 0.6 is 0 Å². The number of hydrogen-bond donors (Lipinski definition) is 4. The van der Waals surface area contributed by atoms with Gasteiger partial charge in [0, 0.05) is 32.1 Å². The zero-order chi connectivity index (χ0) is 43.4. The highest BCUT2D eigenvalue weighted by Crippen LogP contribution is 2.31. The minimum Gasteiger partial charge on any atom is -0.479 e. The first kappa shape index (κ1) is 45.7. The number of nitrogens with zero attached hydrogens (tertiary/aromatic N) is 4. The molecule has 5 aromatic rings. The number of halogens is 5. The standard InChI is InChI=1S/C38H37F5N4O2.C4H6O6/c1-3-45(4-2)19-20-46(24-26-9-12-28(13-10-26)29-14-16-30(17-15-29)38(41,42)43)36(48)25-47-34-8-6-5-7-33(34)37(49)44-35(47)18-11-27-21-31(39)23-32(40)22-27;5-1(3(7)8)2(6)4(9)10/h5-10,12-17,21-23H,3-4,11,18-20,24-25H2,1-2H3;1-2,5-6H,(H,7,8)(H,9,10)/t;1-,2-/m.1/s1. The molecule has 0 fully saturated rings. The Hall–Kier alpha value is -6.04. The van der Waals surface area contributed by atoms with Crippen LogP contribution in [0.1, 0.15) is 36.4 Å². The van der Waals surface area contributed by atoms with E-state index in [1.165, 1.54) is 24.3 Å². The van der Waals surface area contributed by atoms with Crippen molar-refractivity contribution in [1.82, 2.24) is 19.4 Å². The van der Waals surface area contributed by atoms with E-state index in [2.05, 4.69) is 9.88 Å². The van der Waals surface area contributed by atoms with Crippen LogP contribution in [0, 0.1) is 11.6 Å². The number of hydrogen-bond acceptors (Lipinski definition) is 8. The first-order valence-electron chi connectivity index (χ1n) is 18.4. The fraction of sp³-hybridized carbons (Fsp3) is 0.310. The van der Waals surface area contributed by atoms with E-state index in [1.807, 2.05) is 38.1 Å². The third-order valence-electron chi connectivity index (χ3n) is 9.43. The number of carboxylic acid groups (broad SMARTS) is 2. The van der Waals surface area contributed by atoms with Crippen LogP contribution in [-0.2, 0) is 46.5 Å². The zero-order valence-corrected chi connectivity index (χ0v) is 32.1. The van der Waals surface area contributed by atoms with Crippen LogP contribution in [0.2, 0.25) is 0 Å². The summed E-state index contributed by atoms with van der Waals surface area (Å²) >= 11 is 0. The zero-order valence-electron chi connectivity index (χ0n) is 32.1. The number of aryl methyl sites for hydroxylation is 2. The summed E-state index contributed by atoms with van der Waals surface area (Å²) in [6, 6.07) is 22.4. The molecule has 1 aromatic heterocycles. The Morgan fingerprint density at radius 1 is 0.746 bits per heavy atom. The summed E-state index contributed by atoms with van der Waals surface area (Å²) in [7, 11) is 0. The number of para-hydroxylation sites is 1. The molecule has 17 heteroatoms. The summed E-state index contributed by atoms with van der Waals surface area (Å²) in [6.45, 7) is 6.90. The number of carbonyl (C=O) groups excluding carboxylic acids is 1. The van der Waals surface area contributed by atoms with Crippen molar-refractivity contribution in [3.05, 3.63) is 135 Å². The SMILES string of the molecule is CCN(CC)CCN(Cc1ccc(-c2ccc(C(F)(F)F)cc2)cc1)C(=O)Cn1c(CCc2cc(F)cc(F)c2)nc(=O)c2ccccc21.O=C(O)[C@H](O)[C@@H](O)C(=O)O. The van der Waals surface area contributed by atoms with E-state index in [9.17, 15) is 41.1 Å². The number of rotatable bonds is 16. The van der Waals surface area contributed by atoms with Gasteiger partial charge < -0.3 is 34.8 Å². The maximum atomic E-state index is 14.1. The highest BCUT2D eigenvalue weighted by Gasteiger charge is 2.30. The maximum Gasteiger partial charge on any atom is 0.416 e. The lowest BCUT2D eigenvalue weighted by atomic mass is 10.0. The lowest BCUT2D eigenvalue weighted by molar-refractivity contribution is -0.165. The minimum absolute atomic E-state index is 0.122. The van der Waals surface area contributed by atoms with Gasteiger partial charge in [-0.2, -0.15) is 18.2 Å². The smallest absolute Gasteiger partial charge is 0.416 e. The van der Waals surface area contributed by atoms with Crippen LogP contribution < -0.4 is 5.56 Å². The van der Waals surface area contributed by atoms with E-state index in [0.717, 1.165) is 42.4 Å². The van der Waals surface area contributed by atoms with Crippen molar-refractivity contribution in [1.29, 1.82) is 0 Å². The molecule has 0 saturated carbocycles. The van der Waals surface area contributed by atoms with Gasteiger partial charge in [-0.25, -0.2) is 18.4 Å². The van der Waals surface area contributed by atoms with E-state index >= 15 is 0 Å². The summed E-state index contributed by atoms with van der Waals surface area (Å²) < 4.78 is 68.6. The van der Waals surface area contributed by atoms with Gasteiger partial charge in [0.25, 0.3) is 5.56 Å². The number of amides is 1. The first-order valence-corrected chi connectivity index (χ1v) is 18.4. The summed E-state index contributed by atoms with van der Waals surface area (Å²) in [4.78, 5) is 54.9. The molecule has 1 amide bonds. The molecule has 2 atom stereocenters. The number of aliphatic carboxylic acids is 2. The van der Waals surface area contributed by atoms with Gasteiger partial charge in [0.1, 0.15) is 24.0 Å². The Balaban J connectivity index is 0.000000680. The van der Waals surface area contributed by atoms with Crippen LogP contribution in [0.5, 0.6) is 0 Å². The monoisotopic (exact) mass is 826 g/mol. The minimum atomic E-state index is -4.41. The first-order chi connectivity index (χ1) is 27.9. The average molecular weight is 827 g/mol. The Morgan fingerprint density at radius 3 is 1.81 bits per heavy atom. The van der Waals surface area contributed by atoms with Crippen LogP contribution in [0.25, 0.3) is 22.0 Å². The Kier molecular flexibility index (Phi) is 15.9. The number of carboxylic acids is 2. The Morgan fingerprint density at radius 2 is 1.29 bits per heavy atom. The van der Waals surface area contributed by atoms with E-state index < -0.39 is 53.1 Å². The molecule has 0 unspecified atom stereocenters. The molecule has 0 saturated heterocycles. The number of benzene rings is 4. The van der Waals surface area contributed by atoms with Crippen molar-refractivity contribution in [2.24, 2.45) is 0 Å². The molecule has 1 heterocycles. The predicted octanol–water partition coefficient (Wildman–Crippen LogP) is 5.39. The van der Waals surface area contributed by atoms with Crippen molar-refractivity contribution < 1.29 is 56.8 Å². The second-order valence-corrected chi connectivity index (χ2v) is 13.4. The van der Waals surface area contributed by atoms with Gasteiger partial charge in [-0.1, -0.05) is 62.4 Å². The Bertz CT molecular complexity index is 2240. The maximum absolute atomic E-state index is 14.1. The molecule has 0 aliphatic heterocycles. The van der Waals surface area contributed by atoms with Crippen molar-refractivity contribution in [3.63, 3.8) is 0 Å². The van der Waals surface area contributed by atoms with Crippen molar-refractivity contribution in [2.45, 2.75) is 58.2 Å².